The van der Waals surface area contributed by atoms with Gasteiger partial charge in [-0.15, -0.1) is 0 Å². The average Bonchev–Trinajstić information content (AvgIpc) is 2.71. The van der Waals surface area contributed by atoms with Crippen molar-refractivity contribution < 1.29 is 24.2 Å². The van der Waals surface area contributed by atoms with Crippen LogP contribution in [0.3, 0.4) is 0 Å². The fourth-order valence-electron chi connectivity index (χ4n) is 3.40. The van der Waals surface area contributed by atoms with Crippen molar-refractivity contribution >= 4 is 11.9 Å². The predicted octanol–water partition coefficient (Wildman–Crippen LogP) is 6.84. The van der Waals surface area contributed by atoms with Crippen LogP contribution in [0.15, 0.2) is 12.2 Å². The van der Waals surface area contributed by atoms with Gasteiger partial charge in [0.2, 0.25) is 0 Å². The Balaban J connectivity index is 3.17. The second-order valence-electron chi connectivity index (χ2n) is 8.23. The van der Waals surface area contributed by atoms with Crippen LogP contribution in [0.2, 0.25) is 0 Å². The van der Waals surface area contributed by atoms with Gasteiger partial charge in [-0.1, -0.05) is 110 Å². The molecule has 0 aliphatic rings. The number of carboxylic acid groups (broad SMARTS) is 1. The number of carbonyl (C=O) groups is 2. The second kappa shape index (κ2) is 22.3. The normalized spacial score (nSPS) is 10.8. The van der Waals surface area contributed by atoms with Crippen molar-refractivity contribution in [2.24, 2.45) is 0 Å². The lowest BCUT2D eigenvalue weighted by atomic mass is 10.0. The smallest absolute Gasteiger partial charge is 0.334 e. The molecule has 176 valence electrons. The number of esters is 1. The Hall–Kier alpha value is -1.36. The Bertz CT molecular complexity index is 433. The van der Waals surface area contributed by atoms with E-state index in [4.69, 9.17) is 14.6 Å². The van der Waals surface area contributed by atoms with Gasteiger partial charge in [0.25, 0.3) is 0 Å². The maximum atomic E-state index is 11.4. The van der Waals surface area contributed by atoms with E-state index < -0.39 is 11.9 Å². The third-order valence-corrected chi connectivity index (χ3v) is 5.26. The first-order chi connectivity index (χ1) is 14.6. The highest BCUT2D eigenvalue weighted by molar-refractivity contribution is 5.92. The fourth-order valence-corrected chi connectivity index (χ4v) is 3.40. The highest BCUT2D eigenvalue weighted by atomic mass is 16.6. The summed E-state index contributed by atoms with van der Waals surface area (Å²) in [5.74, 6) is -1.75. The SMILES string of the molecule is C=C(CC(=O)O)C(=O)OCCOCCCCCCCCCCCCCCCCCC. The molecule has 0 spiro atoms. The van der Waals surface area contributed by atoms with Gasteiger partial charge in [0.1, 0.15) is 6.61 Å². The van der Waals surface area contributed by atoms with Gasteiger partial charge in [-0.3, -0.25) is 4.79 Å². The van der Waals surface area contributed by atoms with Crippen molar-refractivity contribution in [1.29, 1.82) is 0 Å². The number of carboxylic acids is 1. The fraction of sp³-hybridized carbons (Fsp3) is 0.840. The van der Waals surface area contributed by atoms with Gasteiger partial charge in [-0.25, -0.2) is 4.79 Å². The zero-order chi connectivity index (χ0) is 22.3. The van der Waals surface area contributed by atoms with Crippen molar-refractivity contribution in [1.82, 2.24) is 0 Å². The molecule has 0 aromatic heterocycles. The molecule has 0 aromatic carbocycles. The summed E-state index contributed by atoms with van der Waals surface area (Å²) in [5.41, 5.74) is -0.0414. The molecule has 0 saturated heterocycles. The molecule has 0 aromatic rings. The van der Waals surface area contributed by atoms with Crippen LogP contribution in [-0.4, -0.2) is 36.9 Å². The van der Waals surface area contributed by atoms with E-state index in [2.05, 4.69) is 13.5 Å². The van der Waals surface area contributed by atoms with Gasteiger partial charge in [0.05, 0.1) is 13.0 Å². The van der Waals surface area contributed by atoms with Crippen LogP contribution >= 0.6 is 0 Å². The molecule has 0 aliphatic heterocycles. The van der Waals surface area contributed by atoms with Gasteiger partial charge in [0, 0.05) is 12.2 Å². The number of ether oxygens (including phenoxy) is 2. The van der Waals surface area contributed by atoms with Crippen molar-refractivity contribution in [2.75, 3.05) is 19.8 Å². The van der Waals surface area contributed by atoms with Gasteiger partial charge < -0.3 is 14.6 Å². The van der Waals surface area contributed by atoms with Gasteiger partial charge >= 0.3 is 11.9 Å². The van der Waals surface area contributed by atoms with Crippen LogP contribution < -0.4 is 0 Å². The van der Waals surface area contributed by atoms with E-state index >= 15 is 0 Å². The van der Waals surface area contributed by atoms with Crippen LogP contribution in [0.4, 0.5) is 0 Å². The number of carbonyl (C=O) groups excluding carboxylic acids is 1. The number of hydrogen-bond donors (Lipinski definition) is 1. The minimum atomic E-state index is -1.09. The third kappa shape index (κ3) is 21.4. The Morgan fingerprint density at radius 3 is 1.53 bits per heavy atom. The van der Waals surface area contributed by atoms with Crippen LogP contribution in [0.5, 0.6) is 0 Å². The minimum absolute atomic E-state index is 0.0414. The number of unbranched alkanes of at least 4 members (excludes halogenated alkanes) is 15. The molecule has 5 heteroatoms. The van der Waals surface area contributed by atoms with Crippen molar-refractivity contribution in [3.05, 3.63) is 12.2 Å². The molecule has 5 nitrogen and oxygen atoms in total. The molecule has 0 rings (SSSR count). The first-order valence-electron chi connectivity index (χ1n) is 12.2. The first-order valence-corrected chi connectivity index (χ1v) is 12.2. The van der Waals surface area contributed by atoms with Crippen LogP contribution in [0, 0.1) is 0 Å². The van der Waals surface area contributed by atoms with Crippen LogP contribution in [-0.2, 0) is 19.1 Å². The summed E-state index contributed by atoms with van der Waals surface area (Å²) < 4.78 is 10.4. The molecule has 0 atom stereocenters. The summed E-state index contributed by atoms with van der Waals surface area (Å²) >= 11 is 0. The third-order valence-electron chi connectivity index (χ3n) is 5.26. The maximum Gasteiger partial charge on any atom is 0.334 e. The molecule has 0 fully saturated rings. The molecule has 0 saturated carbocycles. The van der Waals surface area contributed by atoms with E-state index in [1.165, 1.54) is 96.3 Å². The quantitative estimate of drug-likeness (QED) is 0.110. The van der Waals surface area contributed by atoms with E-state index in [1.807, 2.05) is 0 Å². The van der Waals surface area contributed by atoms with Gasteiger partial charge in [-0.05, 0) is 6.42 Å². The highest BCUT2D eigenvalue weighted by Gasteiger charge is 2.11. The molecule has 0 aliphatic carbocycles. The summed E-state index contributed by atoms with van der Waals surface area (Å²) in [7, 11) is 0. The Morgan fingerprint density at radius 2 is 1.10 bits per heavy atom. The van der Waals surface area contributed by atoms with Crippen LogP contribution in [0.1, 0.15) is 116 Å². The molecule has 0 bridgehead atoms. The molecule has 0 unspecified atom stereocenters. The van der Waals surface area contributed by atoms with Crippen molar-refractivity contribution in [2.45, 2.75) is 116 Å². The highest BCUT2D eigenvalue weighted by Crippen LogP contribution is 2.13. The molecule has 1 N–H and O–H groups in total. The lowest BCUT2D eigenvalue weighted by Gasteiger charge is -2.07. The Kier molecular flexibility index (Phi) is 21.3. The summed E-state index contributed by atoms with van der Waals surface area (Å²) in [4.78, 5) is 21.9. The molecule has 0 amide bonds. The first kappa shape index (κ1) is 28.6. The van der Waals surface area contributed by atoms with Crippen molar-refractivity contribution in [3.8, 4) is 0 Å². The molecule has 0 heterocycles. The summed E-state index contributed by atoms with van der Waals surface area (Å²) in [6, 6.07) is 0. The van der Waals surface area contributed by atoms with E-state index in [-0.39, 0.29) is 18.6 Å². The Morgan fingerprint density at radius 1 is 0.667 bits per heavy atom. The summed E-state index contributed by atoms with van der Waals surface area (Å²) in [5, 5.41) is 8.58. The molecule has 0 radical (unpaired) electrons. The summed E-state index contributed by atoms with van der Waals surface area (Å²) in [6.07, 6.45) is 21.1. The lowest BCUT2D eigenvalue weighted by molar-refractivity contribution is -0.143. The number of rotatable bonds is 23. The molecule has 30 heavy (non-hydrogen) atoms. The standard InChI is InChI=1S/C25H46O5/c1-3-4-5-6-7-8-9-10-11-12-13-14-15-16-17-18-19-29-20-21-30-25(28)23(2)22-24(26)27/h2-22H2,1H3,(H,26,27). The lowest BCUT2D eigenvalue weighted by Crippen LogP contribution is -2.14. The average molecular weight is 427 g/mol. The van der Waals surface area contributed by atoms with E-state index in [9.17, 15) is 9.59 Å². The summed E-state index contributed by atoms with van der Waals surface area (Å²) in [6.45, 7) is 6.82. The second-order valence-corrected chi connectivity index (χ2v) is 8.23. The Labute approximate surface area is 184 Å². The van der Waals surface area contributed by atoms with Gasteiger partial charge in [-0.2, -0.15) is 0 Å². The maximum absolute atomic E-state index is 11.4. The number of aliphatic carboxylic acids is 1. The minimum Gasteiger partial charge on any atom is -0.481 e. The monoisotopic (exact) mass is 426 g/mol. The van der Waals surface area contributed by atoms with Gasteiger partial charge in [0.15, 0.2) is 0 Å². The topological polar surface area (TPSA) is 72.8 Å². The van der Waals surface area contributed by atoms with E-state index in [1.54, 1.807) is 0 Å². The van der Waals surface area contributed by atoms with Crippen molar-refractivity contribution in [3.63, 3.8) is 0 Å². The van der Waals surface area contributed by atoms with Crippen LogP contribution in [0.25, 0.3) is 0 Å². The van der Waals surface area contributed by atoms with E-state index in [0.717, 1.165) is 6.42 Å². The molecular formula is C25H46O5. The van der Waals surface area contributed by atoms with E-state index in [0.29, 0.717) is 13.2 Å². The molecular weight excluding hydrogens is 380 g/mol. The number of hydrogen-bond acceptors (Lipinski definition) is 4. The zero-order valence-electron chi connectivity index (χ0n) is 19.4. The predicted molar refractivity (Wildman–Crippen MR) is 123 cm³/mol. The largest absolute Gasteiger partial charge is 0.481 e. The zero-order valence-corrected chi connectivity index (χ0v) is 19.4.